The molecule has 0 saturated carbocycles. The van der Waals surface area contributed by atoms with Crippen molar-refractivity contribution < 1.29 is 4.79 Å². The van der Waals surface area contributed by atoms with E-state index in [1.807, 2.05) is 30.3 Å². The molecular formula is C15H17N3O. The first-order chi connectivity index (χ1) is 9.31. The molecule has 4 heteroatoms. The van der Waals surface area contributed by atoms with E-state index in [4.69, 9.17) is 0 Å². The molecule has 1 unspecified atom stereocenters. The monoisotopic (exact) mass is 255 g/mol. The van der Waals surface area contributed by atoms with Gasteiger partial charge in [-0.3, -0.25) is 9.78 Å². The summed E-state index contributed by atoms with van der Waals surface area (Å²) < 4.78 is 0. The first-order valence-electron chi connectivity index (χ1n) is 6.69. The Morgan fingerprint density at radius 2 is 2.32 bits per heavy atom. The van der Waals surface area contributed by atoms with Gasteiger partial charge in [0.25, 0.3) is 0 Å². The average molecular weight is 255 g/mol. The highest BCUT2D eigenvalue weighted by atomic mass is 16.1. The number of anilines is 1. The van der Waals surface area contributed by atoms with Crippen molar-refractivity contribution in [2.75, 3.05) is 11.9 Å². The molecule has 1 fully saturated rings. The van der Waals surface area contributed by atoms with E-state index in [-0.39, 0.29) is 5.91 Å². The lowest BCUT2D eigenvalue weighted by Crippen LogP contribution is -2.27. The second-order valence-electron chi connectivity index (χ2n) is 4.96. The summed E-state index contributed by atoms with van der Waals surface area (Å²) in [5.41, 5.74) is 1.71. The molecule has 1 saturated heterocycles. The van der Waals surface area contributed by atoms with Crippen molar-refractivity contribution in [3.05, 3.63) is 36.5 Å². The highest BCUT2D eigenvalue weighted by molar-refractivity contribution is 5.93. The molecule has 0 spiro atoms. The van der Waals surface area contributed by atoms with E-state index in [9.17, 15) is 4.79 Å². The van der Waals surface area contributed by atoms with E-state index in [1.165, 1.54) is 0 Å². The van der Waals surface area contributed by atoms with Crippen LogP contribution in [0.2, 0.25) is 0 Å². The average Bonchev–Trinajstić information content (AvgIpc) is 2.91. The van der Waals surface area contributed by atoms with Gasteiger partial charge in [0.05, 0.1) is 17.4 Å². The molecule has 19 heavy (non-hydrogen) atoms. The fourth-order valence-corrected chi connectivity index (χ4v) is 2.51. The quantitative estimate of drug-likeness (QED) is 0.885. The van der Waals surface area contributed by atoms with Gasteiger partial charge in [-0.1, -0.05) is 18.2 Å². The Morgan fingerprint density at radius 1 is 1.42 bits per heavy atom. The van der Waals surface area contributed by atoms with Crippen molar-refractivity contribution in [2.24, 2.45) is 0 Å². The maximum atomic E-state index is 11.9. The molecule has 2 N–H and O–H groups in total. The smallest absolute Gasteiger partial charge is 0.225 e. The third-order valence-electron chi connectivity index (χ3n) is 3.47. The van der Waals surface area contributed by atoms with Crippen LogP contribution in [0.25, 0.3) is 10.9 Å². The van der Waals surface area contributed by atoms with Crippen molar-refractivity contribution in [1.29, 1.82) is 0 Å². The van der Waals surface area contributed by atoms with Crippen LogP contribution in [0.3, 0.4) is 0 Å². The number of benzene rings is 1. The molecule has 1 aliphatic heterocycles. The highest BCUT2D eigenvalue weighted by Crippen LogP contribution is 2.17. The maximum absolute atomic E-state index is 11.9. The number of amides is 1. The Kier molecular flexibility index (Phi) is 3.42. The van der Waals surface area contributed by atoms with E-state index < -0.39 is 0 Å². The Balaban J connectivity index is 1.68. The lowest BCUT2D eigenvalue weighted by Gasteiger charge is -2.10. The topological polar surface area (TPSA) is 54.0 Å². The lowest BCUT2D eigenvalue weighted by molar-refractivity contribution is -0.116. The van der Waals surface area contributed by atoms with E-state index in [2.05, 4.69) is 15.6 Å². The molecule has 1 amide bonds. The van der Waals surface area contributed by atoms with Gasteiger partial charge in [-0.15, -0.1) is 0 Å². The summed E-state index contributed by atoms with van der Waals surface area (Å²) in [4.78, 5) is 16.3. The predicted molar refractivity (Wildman–Crippen MR) is 76.0 cm³/mol. The zero-order chi connectivity index (χ0) is 13.1. The Bertz CT molecular complexity index is 591. The fourth-order valence-electron chi connectivity index (χ4n) is 2.51. The molecule has 0 aliphatic carbocycles. The summed E-state index contributed by atoms with van der Waals surface area (Å²) >= 11 is 0. The second kappa shape index (κ2) is 5.36. The number of nitrogens with one attached hydrogen (secondary N) is 2. The van der Waals surface area contributed by atoms with Crippen molar-refractivity contribution in [2.45, 2.75) is 25.3 Å². The van der Waals surface area contributed by atoms with Crippen LogP contribution in [0.5, 0.6) is 0 Å². The molecule has 1 aliphatic rings. The van der Waals surface area contributed by atoms with Gasteiger partial charge in [0.15, 0.2) is 0 Å². The normalized spacial score (nSPS) is 18.6. The van der Waals surface area contributed by atoms with Crippen molar-refractivity contribution in [3.8, 4) is 0 Å². The number of rotatable bonds is 3. The van der Waals surface area contributed by atoms with Crippen LogP contribution in [0.1, 0.15) is 19.3 Å². The van der Waals surface area contributed by atoms with Crippen molar-refractivity contribution in [1.82, 2.24) is 10.3 Å². The van der Waals surface area contributed by atoms with Gasteiger partial charge in [0.2, 0.25) is 5.91 Å². The second-order valence-corrected chi connectivity index (χ2v) is 4.96. The summed E-state index contributed by atoms with van der Waals surface area (Å²) in [5, 5.41) is 7.29. The third kappa shape index (κ3) is 2.90. The van der Waals surface area contributed by atoms with E-state index in [1.54, 1.807) is 6.20 Å². The van der Waals surface area contributed by atoms with Gasteiger partial charge in [0, 0.05) is 17.8 Å². The SMILES string of the molecule is O=C(CC1CCCN1)Nc1cnc2ccccc2c1. The minimum atomic E-state index is 0.0523. The number of aromatic nitrogens is 1. The molecule has 2 aromatic rings. The van der Waals surface area contributed by atoms with Crippen molar-refractivity contribution in [3.63, 3.8) is 0 Å². The number of hydrogen-bond acceptors (Lipinski definition) is 3. The van der Waals surface area contributed by atoms with Crippen LogP contribution in [0.4, 0.5) is 5.69 Å². The Morgan fingerprint density at radius 3 is 3.16 bits per heavy atom. The third-order valence-corrected chi connectivity index (χ3v) is 3.47. The Labute approximate surface area is 112 Å². The van der Waals surface area contributed by atoms with Crippen molar-refractivity contribution >= 4 is 22.5 Å². The largest absolute Gasteiger partial charge is 0.325 e. The molecule has 1 aromatic carbocycles. The molecule has 98 valence electrons. The number of nitrogens with zero attached hydrogens (tertiary/aromatic N) is 1. The molecule has 0 bridgehead atoms. The number of pyridine rings is 1. The minimum absolute atomic E-state index is 0.0523. The maximum Gasteiger partial charge on any atom is 0.225 e. The van der Waals surface area contributed by atoms with Crippen LogP contribution in [0, 0.1) is 0 Å². The van der Waals surface area contributed by atoms with Gasteiger partial charge in [-0.2, -0.15) is 0 Å². The minimum Gasteiger partial charge on any atom is -0.325 e. The predicted octanol–water partition coefficient (Wildman–Crippen LogP) is 2.32. The molecule has 2 heterocycles. The standard InChI is InChI=1S/C15H17N3O/c19-15(9-12-5-3-7-16-12)18-13-8-11-4-1-2-6-14(11)17-10-13/h1-2,4,6,8,10,12,16H,3,5,7,9H2,(H,18,19). The van der Waals surface area contributed by atoms with E-state index >= 15 is 0 Å². The number of fused-ring (bicyclic) bond motifs is 1. The molecule has 3 rings (SSSR count). The van der Waals surface area contributed by atoms with Gasteiger partial charge in [-0.25, -0.2) is 0 Å². The number of carbonyl (C=O) groups excluding carboxylic acids is 1. The van der Waals surface area contributed by atoms with Crippen LogP contribution in [0.15, 0.2) is 36.5 Å². The number of para-hydroxylation sites is 1. The van der Waals surface area contributed by atoms with Crippen LogP contribution >= 0.6 is 0 Å². The first-order valence-corrected chi connectivity index (χ1v) is 6.69. The number of hydrogen-bond donors (Lipinski definition) is 2. The zero-order valence-corrected chi connectivity index (χ0v) is 10.7. The highest BCUT2D eigenvalue weighted by Gasteiger charge is 2.17. The Hall–Kier alpha value is -1.94. The van der Waals surface area contributed by atoms with Crippen LogP contribution in [-0.4, -0.2) is 23.5 Å². The van der Waals surface area contributed by atoms with E-state index in [0.717, 1.165) is 36.0 Å². The van der Waals surface area contributed by atoms with Gasteiger partial charge in [-0.05, 0) is 31.5 Å². The number of carbonyl (C=O) groups is 1. The summed E-state index contributed by atoms with van der Waals surface area (Å²) in [6.07, 6.45) is 4.49. The zero-order valence-electron chi connectivity index (χ0n) is 10.7. The fraction of sp³-hybridized carbons (Fsp3) is 0.333. The summed E-state index contributed by atoms with van der Waals surface area (Å²) in [5.74, 6) is 0.0523. The van der Waals surface area contributed by atoms with Gasteiger partial charge in [0.1, 0.15) is 0 Å². The van der Waals surface area contributed by atoms with Gasteiger partial charge >= 0.3 is 0 Å². The molecular weight excluding hydrogens is 238 g/mol. The summed E-state index contributed by atoms with van der Waals surface area (Å²) in [7, 11) is 0. The molecule has 1 aromatic heterocycles. The molecule has 4 nitrogen and oxygen atoms in total. The summed E-state index contributed by atoms with van der Waals surface area (Å²) in [6.45, 7) is 1.02. The molecule has 0 radical (unpaired) electrons. The lowest BCUT2D eigenvalue weighted by atomic mass is 10.1. The first kappa shape index (κ1) is 12.1. The van der Waals surface area contributed by atoms with Crippen LogP contribution < -0.4 is 10.6 Å². The van der Waals surface area contributed by atoms with Gasteiger partial charge < -0.3 is 10.6 Å². The van der Waals surface area contributed by atoms with E-state index in [0.29, 0.717) is 12.5 Å². The molecule has 1 atom stereocenters. The van der Waals surface area contributed by atoms with Crippen LogP contribution in [-0.2, 0) is 4.79 Å². The summed E-state index contributed by atoms with van der Waals surface area (Å²) in [6, 6.07) is 10.2.